The summed E-state index contributed by atoms with van der Waals surface area (Å²) in [4.78, 5) is 2.00. The Bertz CT molecular complexity index is 52.0. The summed E-state index contributed by atoms with van der Waals surface area (Å²) in [7, 11) is 6.00. The maximum atomic E-state index is 5.77. The van der Waals surface area contributed by atoms with Crippen LogP contribution in [0.5, 0.6) is 0 Å². The molecule has 0 unspecified atom stereocenters. The topological polar surface area (TPSA) is 27.1 Å². The van der Waals surface area contributed by atoms with Crippen molar-refractivity contribution in [1.29, 1.82) is 5.41 Å². The lowest BCUT2D eigenvalue weighted by Gasteiger charge is -1.90. The number of isothiocyanates is 1. The van der Waals surface area contributed by atoms with E-state index in [4.69, 9.17) is 5.41 Å². The van der Waals surface area contributed by atoms with Gasteiger partial charge in [-0.15, -0.1) is 0 Å². The number of thiocarbonyl (C=S) groups is 1. The second kappa shape index (κ2) is 9.23. The fourth-order valence-electron chi connectivity index (χ4n) is 0. The predicted molar refractivity (Wildman–Crippen MR) is 34.9 cm³/mol. The Morgan fingerprint density at radius 2 is 1.43 bits per heavy atom. The van der Waals surface area contributed by atoms with Crippen molar-refractivity contribution in [3.8, 4) is 0 Å². The van der Waals surface area contributed by atoms with E-state index < -0.39 is 0 Å². The minimum absolute atomic E-state index is 1.58. The number of hydrogen-bond acceptors (Lipinski definition) is 3. The van der Waals surface area contributed by atoms with Gasteiger partial charge < -0.3 is 4.90 Å². The van der Waals surface area contributed by atoms with Crippen molar-refractivity contribution in [1.82, 2.24) is 4.90 Å². The molecule has 0 aromatic rings. The van der Waals surface area contributed by atoms with Crippen LogP contribution < -0.4 is 0 Å². The lowest BCUT2D eigenvalue weighted by molar-refractivity contribution is 0.505. The first-order valence-electron chi connectivity index (χ1n) is 1.80. The average Bonchev–Trinajstić information content (AvgIpc) is 1.33. The second-order valence-electron chi connectivity index (χ2n) is 1.44. The van der Waals surface area contributed by atoms with Crippen molar-refractivity contribution in [3.05, 3.63) is 0 Å². The Kier molecular flexibility index (Phi) is 13.1. The molecule has 0 amide bonds. The lowest BCUT2D eigenvalue weighted by atomic mass is 11.0. The van der Waals surface area contributed by atoms with Crippen LogP contribution in [-0.2, 0) is 0 Å². The van der Waals surface area contributed by atoms with Crippen molar-refractivity contribution in [2.24, 2.45) is 0 Å². The van der Waals surface area contributed by atoms with E-state index in [-0.39, 0.29) is 0 Å². The zero-order valence-electron chi connectivity index (χ0n) is 4.86. The molecular formula is C4H10N2S. The predicted octanol–water partition coefficient (Wildman–Crippen LogP) is 0.846. The number of rotatable bonds is 0. The highest BCUT2D eigenvalue weighted by Gasteiger charge is 1.58. The van der Waals surface area contributed by atoms with Crippen molar-refractivity contribution in [2.45, 2.75) is 0 Å². The molecule has 0 rings (SSSR count). The largest absolute Gasteiger partial charge is 0.312 e. The molecular weight excluding hydrogens is 108 g/mol. The van der Waals surface area contributed by atoms with E-state index in [1.807, 2.05) is 26.0 Å². The van der Waals surface area contributed by atoms with Gasteiger partial charge in [0.15, 0.2) is 0 Å². The van der Waals surface area contributed by atoms with Crippen molar-refractivity contribution in [3.63, 3.8) is 0 Å². The van der Waals surface area contributed by atoms with Gasteiger partial charge in [-0.1, -0.05) is 0 Å². The first-order chi connectivity index (χ1) is 3.15. The van der Waals surface area contributed by atoms with Gasteiger partial charge >= 0.3 is 0 Å². The summed E-state index contributed by atoms with van der Waals surface area (Å²) in [5, 5.41) is 7.36. The zero-order valence-corrected chi connectivity index (χ0v) is 5.67. The lowest BCUT2D eigenvalue weighted by Crippen LogP contribution is -1.99. The van der Waals surface area contributed by atoms with Crippen LogP contribution in [0.3, 0.4) is 0 Å². The van der Waals surface area contributed by atoms with Crippen LogP contribution in [-0.4, -0.2) is 31.2 Å². The SMILES string of the molecule is CN(C)C.N=C=S. The summed E-state index contributed by atoms with van der Waals surface area (Å²) in [6.45, 7) is 0. The molecule has 0 aliphatic heterocycles. The highest BCUT2D eigenvalue weighted by atomic mass is 32.1. The van der Waals surface area contributed by atoms with Gasteiger partial charge in [0.1, 0.15) is 0 Å². The summed E-state index contributed by atoms with van der Waals surface area (Å²) in [6.07, 6.45) is 0. The molecule has 0 saturated heterocycles. The van der Waals surface area contributed by atoms with Crippen molar-refractivity contribution in [2.75, 3.05) is 21.1 Å². The van der Waals surface area contributed by atoms with E-state index in [0.717, 1.165) is 0 Å². The van der Waals surface area contributed by atoms with Crippen molar-refractivity contribution >= 4 is 17.4 Å². The van der Waals surface area contributed by atoms with E-state index in [9.17, 15) is 0 Å². The molecule has 0 aromatic heterocycles. The molecule has 2 nitrogen and oxygen atoms in total. The van der Waals surface area contributed by atoms with E-state index in [1.54, 1.807) is 5.16 Å². The Labute approximate surface area is 49.6 Å². The smallest absolute Gasteiger partial charge is 0.0554 e. The molecule has 0 aliphatic carbocycles. The molecule has 0 aromatic carbocycles. The Balaban J connectivity index is 0. The maximum absolute atomic E-state index is 5.77. The average molecular weight is 118 g/mol. The molecule has 0 bridgehead atoms. The van der Waals surface area contributed by atoms with Gasteiger partial charge in [0.25, 0.3) is 0 Å². The third-order valence-corrected chi connectivity index (χ3v) is 0. The monoisotopic (exact) mass is 118 g/mol. The molecule has 0 radical (unpaired) electrons. The number of nitrogens with zero attached hydrogens (tertiary/aromatic N) is 1. The van der Waals surface area contributed by atoms with E-state index in [2.05, 4.69) is 12.2 Å². The van der Waals surface area contributed by atoms with Gasteiger partial charge in [-0.2, -0.15) is 0 Å². The first kappa shape index (κ1) is 9.90. The summed E-state index contributed by atoms with van der Waals surface area (Å²) in [5.41, 5.74) is 0. The quantitative estimate of drug-likeness (QED) is 0.377. The van der Waals surface area contributed by atoms with Crippen LogP contribution >= 0.6 is 12.2 Å². The van der Waals surface area contributed by atoms with Gasteiger partial charge in [0.05, 0.1) is 5.16 Å². The zero-order chi connectivity index (χ0) is 6.28. The van der Waals surface area contributed by atoms with Crippen LogP contribution in [0.25, 0.3) is 0 Å². The Hall–Kier alpha value is -0.240. The third kappa shape index (κ3) is 1410. The number of hydrogen-bond donors (Lipinski definition) is 1. The molecule has 0 heterocycles. The Morgan fingerprint density at radius 3 is 1.43 bits per heavy atom. The van der Waals surface area contributed by atoms with Crippen LogP contribution in [0.4, 0.5) is 0 Å². The fraction of sp³-hybridized carbons (Fsp3) is 0.750. The van der Waals surface area contributed by atoms with E-state index in [1.165, 1.54) is 0 Å². The highest BCUT2D eigenvalue weighted by molar-refractivity contribution is 7.78. The van der Waals surface area contributed by atoms with Gasteiger partial charge in [-0.3, -0.25) is 0 Å². The summed E-state index contributed by atoms with van der Waals surface area (Å²) in [5.74, 6) is 0. The van der Waals surface area contributed by atoms with Crippen LogP contribution in [0.2, 0.25) is 0 Å². The minimum Gasteiger partial charge on any atom is -0.312 e. The summed E-state index contributed by atoms with van der Waals surface area (Å²) >= 11 is 3.81. The van der Waals surface area contributed by atoms with E-state index >= 15 is 0 Å². The molecule has 3 heteroatoms. The summed E-state index contributed by atoms with van der Waals surface area (Å²) < 4.78 is 0. The Morgan fingerprint density at radius 1 is 1.43 bits per heavy atom. The molecule has 7 heavy (non-hydrogen) atoms. The van der Waals surface area contributed by atoms with Gasteiger partial charge in [0.2, 0.25) is 0 Å². The molecule has 0 atom stereocenters. The highest BCUT2D eigenvalue weighted by Crippen LogP contribution is 1.47. The summed E-state index contributed by atoms with van der Waals surface area (Å²) in [6, 6.07) is 0. The van der Waals surface area contributed by atoms with Crippen molar-refractivity contribution < 1.29 is 0 Å². The second-order valence-corrected chi connectivity index (χ2v) is 1.65. The molecule has 0 saturated carbocycles. The van der Waals surface area contributed by atoms with Crippen LogP contribution in [0, 0.1) is 5.41 Å². The van der Waals surface area contributed by atoms with Gasteiger partial charge in [-0.05, 0) is 33.4 Å². The molecule has 42 valence electrons. The normalized spacial score (nSPS) is 6.29. The molecule has 0 aliphatic rings. The standard InChI is InChI=1S/C3H9N.CHNS/c1-4(2)3;2-1-3/h1-3H3;2H. The maximum Gasteiger partial charge on any atom is 0.0554 e. The van der Waals surface area contributed by atoms with Crippen LogP contribution in [0.15, 0.2) is 0 Å². The van der Waals surface area contributed by atoms with E-state index in [0.29, 0.717) is 0 Å². The third-order valence-electron chi connectivity index (χ3n) is 0. The first-order valence-corrected chi connectivity index (χ1v) is 2.20. The fourth-order valence-corrected chi connectivity index (χ4v) is 0. The molecule has 0 fully saturated rings. The minimum atomic E-state index is 1.58. The van der Waals surface area contributed by atoms with Gasteiger partial charge in [0, 0.05) is 0 Å². The van der Waals surface area contributed by atoms with Gasteiger partial charge in [-0.25, -0.2) is 5.41 Å². The van der Waals surface area contributed by atoms with Crippen LogP contribution in [0.1, 0.15) is 0 Å². The molecule has 1 N–H and O–H groups in total. The molecule has 0 spiro atoms. The number of nitrogens with one attached hydrogen (secondary N) is 1.